The van der Waals surface area contributed by atoms with Crippen LogP contribution in [0.5, 0.6) is 0 Å². The lowest BCUT2D eigenvalue weighted by atomic mass is 10.1. The van der Waals surface area contributed by atoms with Crippen molar-refractivity contribution in [2.24, 2.45) is 0 Å². The first kappa shape index (κ1) is 17.2. The SMILES string of the molecule is CC(NS(=O)(=O)c1ccc(F)cc1F)c1ccc(-n2cncn2)cc1. The summed E-state index contributed by atoms with van der Waals surface area (Å²) in [4.78, 5) is 3.25. The number of hydrogen-bond acceptors (Lipinski definition) is 4. The van der Waals surface area contributed by atoms with Gasteiger partial charge in [-0.05, 0) is 36.8 Å². The van der Waals surface area contributed by atoms with Crippen LogP contribution in [0.4, 0.5) is 8.78 Å². The van der Waals surface area contributed by atoms with Crippen molar-refractivity contribution in [1.82, 2.24) is 19.5 Å². The van der Waals surface area contributed by atoms with Crippen molar-refractivity contribution in [3.8, 4) is 5.69 Å². The van der Waals surface area contributed by atoms with Crippen LogP contribution in [0.2, 0.25) is 0 Å². The first-order valence-electron chi connectivity index (χ1n) is 7.29. The highest BCUT2D eigenvalue weighted by atomic mass is 32.2. The molecule has 1 heterocycles. The number of nitrogens with zero attached hydrogens (tertiary/aromatic N) is 3. The van der Waals surface area contributed by atoms with Crippen LogP contribution in [0.25, 0.3) is 5.69 Å². The summed E-state index contributed by atoms with van der Waals surface area (Å²) in [7, 11) is -4.13. The van der Waals surface area contributed by atoms with Gasteiger partial charge in [-0.15, -0.1) is 0 Å². The average molecular weight is 364 g/mol. The van der Waals surface area contributed by atoms with Gasteiger partial charge in [0.05, 0.1) is 5.69 Å². The van der Waals surface area contributed by atoms with Crippen LogP contribution in [-0.2, 0) is 10.0 Å². The lowest BCUT2D eigenvalue weighted by Gasteiger charge is -2.15. The molecule has 130 valence electrons. The van der Waals surface area contributed by atoms with Crippen LogP contribution in [0.3, 0.4) is 0 Å². The Kier molecular flexibility index (Phi) is 4.60. The molecular formula is C16H14F2N4O2S. The van der Waals surface area contributed by atoms with Crippen molar-refractivity contribution in [3.05, 3.63) is 72.3 Å². The van der Waals surface area contributed by atoms with Gasteiger partial charge in [-0.25, -0.2) is 31.6 Å². The smallest absolute Gasteiger partial charge is 0.223 e. The molecule has 1 aromatic heterocycles. The van der Waals surface area contributed by atoms with E-state index >= 15 is 0 Å². The molecule has 9 heteroatoms. The normalized spacial score (nSPS) is 12.9. The van der Waals surface area contributed by atoms with E-state index in [9.17, 15) is 17.2 Å². The van der Waals surface area contributed by atoms with Gasteiger partial charge in [0.1, 0.15) is 29.2 Å². The maximum Gasteiger partial charge on any atom is 0.244 e. The third-order valence-corrected chi connectivity index (χ3v) is 5.17. The van der Waals surface area contributed by atoms with E-state index in [0.29, 0.717) is 11.6 Å². The summed E-state index contributed by atoms with van der Waals surface area (Å²) < 4.78 is 55.2. The fraction of sp³-hybridized carbons (Fsp3) is 0.125. The van der Waals surface area contributed by atoms with Gasteiger partial charge in [-0.3, -0.25) is 0 Å². The molecule has 2 aromatic carbocycles. The van der Waals surface area contributed by atoms with E-state index in [4.69, 9.17) is 0 Å². The molecule has 25 heavy (non-hydrogen) atoms. The van der Waals surface area contributed by atoms with E-state index in [2.05, 4.69) is 14.8 Å². The van der Waals surface area contributed by atoms with Crippen LogP contribution < -0.4 is 4.72 Å². The van der Waals surface area contributed by atoms with E-state index in [1.807, 2.05) is 0 Å². The fourth-order valence-corrected chi connectivity index (χ4v) is 3.61. The zero-order chi connectivity index (χ0) is 18.0. The molecular weight excluding hydrogens is 350 g/mol. The molecule has 0 saturated carbocycles. The largest absolute Gasteiger partial charge is 0.244 e. The second-order valence-electron chi connectivity index (χ2n) is 5.35. The Hall–Kier alpha value is -2.65. The highest BCUT2D eigenvalue weighted by Crippen LogP contribution is 2.20. The van der Waals surface area contributed by atoms with Crippen molar-refractivity contribution in [2.45, 2.75) is 17.9 Å². The molecule has 1 atom stereocenters. The molecule has 0 aliphatic carbocycles. The van der Waals surface area contributed by atoms with Gasteiger partial charge in [0.2, 0.25) is 10.0 Å². The first-order chi connectivity index (χ1) is 11.9. The zero-order valence-electron chi connectivity index (χ0n) is 13.1. The van der Waals surface area contributed by atoms with Crippen LogP contribution >= 0.6 is 0 Å². The molecule has 0 aliphatic rings. The first-order valence-corrected chi connectivity index (χ1v) is 8.77. The summed E-state index contributed by atoms with van der Waals surface area (Å²) in [5.74, 6) is -1.98. The number of aromatic nitrogens is 3. The molecule has 1 unspecified atom stereocenters. The van der Waals surface area contributed by atoms with Crippen LogP contribution in [0.1, 0.15) is 18.5 Å². The lowest BCUT2D eigenvalue weighted by Crippen LogP contribution is -2.27. The number of halogens is 2. The summed E-state index contributed by atoms with van der Waals surface area (Å²) in [5.41, 5.74) is 1.44. The Morgan fingerprint density at radius 3 is 2.44 bits per heavy atom. The van der Waals surface area contributed by atoms with Gasteiger partial charge in [-0.2, -0.15) is 5.10 Å². The van der Waals surface area contributed by atoms with E-state index in [1.165, 1.54) is 6.33 Å². The van der Waals surface area contributed by atoms with Crippen LogP contribution in [0.15, 0.2) is 60.0 Å². The Morgan fingerprint density at radius 2 is 1.84 bits per heavy atom. The van der Waals surface area contributed by atoms with Crippen molar-refractivity contribution in [2.75, 3.05) is 0 Å². The number of nitrogens with one attached hydrogen (secondary N) is 1. The van der Waals surface area contributed by atoms with Gasteiger partial charge < -0.3 is 0 Å². The molecule has 0 fully saturated rings. The molecule has 0 bridgehead atoms. The molecule has 1 N–H and O–H groups in total. The van der Waals surface area contributed by atoms with Crippen molar-refractivity contribution in [1.29, 1.82) is 0 Å². The van der Waals surface area contributed by atoms with Crippen molar-refractivity contribution < 1.29 is 17.2 Å². The highest BCUT2D eigenvalue weighted by Gasteiger charge is 2.22. The Morgan fingerprint density at radius 1 is 1.12 bits per heavy atom. The molecule has 0 spiro atoms. The second-order valence-corrected chi connectivity index (χ2v) is 7.03. The number of hydrogen-bond donors (Lipinski definition) is 1. The number of benzene rings is 2. The molecule has 0 amide bonds. The van der Waals surface area contributed by atoms with E-state index in [1.54, 1.807) is 42.2 Å². The summed E-state index contributed by atoms with van der Waals surface area (Å²) in [6.45, 7) is 1.63. The fourth-order valence-electron chi connectivity index (χ4n) is 2.31. The number of sulfonamides is 1. The number of rotatable bonds is 5. The van der Waals surface area contributed by atoms with Gasteiger partial charge in [0.15, 0.2) is 0 Å². The van der Waals surface area contributed by atoms with Crippen LogP contribution in [-0.4, -0.2) is 23.2 Å². The summed E-state index contributed by atoms with van der Waals surface area (Å²) in [6, 6.07) is 8.69. The highest BCUT2D eigenvalue weighted by molar-refractivity contribution is 7.89. The quantitative estimate of drug-likeness (QED) is 0.755. The minimum atomic E-state index is -4.13. The average Bonchev–Trinajstić information content (AvgIpc) is 3.08. The maximum absolute atomic E-state index is 13.7. The van der Waals surface area contributed by atoms with Gasteiger partial charge in [0.25, 0.3) is 0 Å². The zero-order valence-corrected chi connectivity index (χ0v) is 13.9. The maximum atomic E-state index is 13.7. The van der Waals surface area contributed by atoms with Gasteiger partial charge in [-0.1, -0.05) is 12.1 Å². The Labute approximate surface area is 143 Å². The third kappa shape index (κ3) is 3.72. The molecule has 0 aliphatic heterocycles. The molecule has 0 radical (unpaired) electrons. The minimum absolute atomic E-state index is 0.534. The minimum Gasteiger partial charge on any atom is -0.223 e. The predicted molar refractivity (Wildman–Crippen MR) is 86.5 cm³/mol. The lowest BCUT2D eigenvalue weighted by molar-refractivity contribution is 0.536. The Balaban J connectivity index is 1.80. The van der Waals surface area contributed by atoms with Crippen molar-refractivity contribution in [3.63, 3.8) is 0 Å². The van der Waals surface area contributed by atoms with Gasteiger partial charge >= 0.3 is 0 Å². The Bertz CT molecular complexity index is 974. The topological polar surface area (TPSA) is 76.9 Å². The molecule has 3 aromatic rings. The van der Waals surface area contributed by atoms with E-state index < -0.39 is 32.6 Å². The summed E-state index contributed by atoms with van der Waals surface area (Å²) in [6.07, 6.45) is 2.94. The van der Waals surface area contributed by atoms with E-state index in [0.717, 1.165) is 17.8 Å². The predicted octanol–water partition coefficient (Wildman–Crippen LogP) is 2.59. The monoisotopic (exact) mass is 364 g/mol. The molecule has 6 nitrogen and oxygen atoms in total. The summed E-state index contributed by atoms with van der Waals surface area (Å²) >= 11 is 0. The third-order valence-electron chi connectivity index (χ3n) is 3.59. The molecule has 3 rings (SSSR count). The second kappa shape index (κ2) is 6.69. The molecule has 0 saturated heterocycles. The van der Waals surface area contributed by atoms with Crippen molar-refractivity contribution >= 4 is 10.0 Å². The van der Waals surface area contributed by atoms with Gasteiger partial charge in [0, 0.05) is 12.1 Å². The standard InChI is InChI=1S/C16H14F2N4O2S/c1-11(12-2-5-14(6-3-12)22-10-19-9-20-22)21-25(23,24)16-7-4-13(17)8-15(16)18/h2-11,21H,1H3. The van der Waals surface area contributed by atoms with Crippen LogP contribution in [0, 0.1) is 11.6 Å². The summed E-state index contributed by atoms with van der Waals surface area (Å²) in [5, 5.41) is 4.00. The van der Waals surface area contributed by atoms with E-state index in [-0.39, 0.29) is 0 Å².